The summed E-state index contributed by atoms with van der Waals surface area (Å²) < 4.78 is 12.0. The second-order valence-corrected chi connectivity index (χ2v) is 8.24. The van der Waals surface area contributed by atoms with Gasteiger partial charge in [0, 0.05) is 35.8 Å². The van der Waals surface area contributed by atoms with E-state index in [1.807, 2.05) is 6.07 Å². The van der Waals surface area contributed by atoms with Crippen LogP contribution in [0.3, 0.4) is 0 Å². The van der Waals surface area contributed by atoms with Crippen molar-refractivity contribution in [3.8, 4) is 11.8 Å². The molecule has 0 aliphatic rings. The van der Waals surface area contributed by atoms with E-state index >= 15 is 0 Å². The van der Waals surface area contributed by atoms with Gasteiger partial charge in [-0.2, -0.15) is 5.26 Å². The van der Waals surface area contributed by atoms with Gasteiger partial charge in [0.15, 0.2) is 0 Å². The van der Waals surface area contributed by atoms with Crippen LogP contribution in [0.4, 0.5) is 4.79 Å². The third-order valence-electron chi connectivity index (χ3n) is 3.53. The van der Waals surface area contributed by atoms with E-state index in [0.717, 1.165) is 5.56 Å². The molecule has 148 valence electrons. The molecule has 28 heavy (non-hydrogen) atoms. The number of nitriles is 1. The highest BCUT2D eigenvalue weighted by Gasteiger charge is 2.19. The average Bonchev–Trinajstić information content (AvgIpc) is 2.60. The Morgan fingerprint density at radius 2 is 2.11 bits per heavy atom. The first kappa shape index (κ1) is 22.0. The number of pyridine rings is 1. The molecular formula is C20H21BrClN3O3. The minimum Gasteiger partial charge on any atom is -0.484 e. The van der Waals surface area contributed by atoms with Crippen LogP contribution in [0.15, 0.2) is 41.1 Å². The fourth-order valence-corrected chi connectivity index (χ4v) is 2.73. The summed E-state index contributed by atoms with van der Waals surface area (Å²) in [5, 5.41) is 12.5. The Kier molecular flexibility index (Phi) is 7.67. The molecule has 0 saturated heterocycles. The topological polar surface area (TPSA) is 84.2 Å². The monoisotopic (exact) mass is 465 g/mol. The van der Waals surface area contributed by atoms with Crippen LogP contribution in [0.5, 0.6) is 5.75 Å². The van der Waals surface area contributed by atoms with Gasteiger partial charge in [0.25, 0.3) is 0 Å². The van der Waals surface area contributed by atoms with E-state index in [1.54, 1.807) is 51.2 Å². The lowest BCUT2D eigenvalue weighted by Gasteiger charge is -2.22. The van der Waals surface area contributed by atoms with Gasteiger partial charge in [-0.3, -0.25) is 0 Å². The fourth-order valence-electron chi connectivity index (χ4n) is 2.33. The van der Waals surface area contributed by atoms with Crippen LogP contribution in [0.1, 0.15) is 44.4 Å². The fraction of sp³-hybridized carbons (Fsp3) is 0.350. The van der Waals surface area contributed by atoms with Crippen molar-refractivity contribution in [3.63, 3.8) is 0 Å². The smallest absolute Gasteiger partial charge is 0.407 e. The number of carbonyl (C=O) groups excluding carboxylic acids is 1. The predicted octanol–water partition coefficient (Wildman–Crippen LogP) is 5.40. The largest absolute Gasteiger partial charge is 0.484 e. The lowest BCUT2D eigenvalue weighted by atomic mass is 10.1. The van der Waals surface area contributed by atoms with E-state index < -0.39 is 17.8 Å². The molecular weight excluding hydrogens is 446 g/mol. The number of hydrogen-bond donors (Lipinski definition) is 1. The Morgan fingerprint density at radius 3 is 2.71 bits per heavy atom. The zero-order chi connectivity index (χ0) is 20.7. The highest BCUT2D eigenvalue weighted by atomic mass is 79.9. The zero-order valence-electron chi connectivity index (χ0n) is 15.8. The molecule has 1 aromatic heterocycles. The van der Waals surface area contributed by atoms with E-state index in [0.29, 0.717) is 33.9 Å². The number of aromatic nitrogens is 1. The summed E-state index contributed by atoms with van der Waals surface area (Å²) in [6.07, 6.45) is 1.18. The van der Waals surface area contributed by atoms with Crippen molar-refractivity contribution in [2.45, 2.75) is 38.9 Å². The standard InChI is InChI=1S/C20H21BrClN3O3/c1-20(2,3)28-19(26)24-9-8-16(14-5-7-18(21)25-12-14)27-17-10-15(22)6-4-13(17)11-23/h4-7,10,12,16H,8-9H2,1-3H3,(H,24,26). The lowest BCUT2D eigenvalue weighted by Crippen LogP contribution is -2.33. The van der Waals surface area contributed by atoms with Crippen molar-refractivity contribution in [2.24, 2.45) is 0 Å². The second-order valence-electron chi connectivity index (χ2n) is 6.99. The Morgan fingerprint density at radius 1 is 1.36 bits per heavy atom. The molecule has 0 radical (unpaired) electrons. The Balaban J connectivity index is 2.14. The molecule has 1 unspecified atom stereocenters. The molecule has 0 spiro atoms. The van der Waals surface area contributed by atoms with E-state index in [-0.39, 0.29) is 0 Å². The maximum atomic E-state index is 11.9. The number of halogens is 2. The van der Waals surface area contributed by atoms with Gasteiger partial charge in [0.2, 0.25) is 0 Å². The van der Waals surface area contributed by atoms with Gasteiger partial charge in [-0.15, -0.1) is 0 Å². The molecule has 0 fully saturated rings. The van der Waals surface area contributed by atoms with Gasteiger partial charge in [0.1, 0.15) is 28.1 Å². The first-order valence-corrected chi connectivity index (χ1v) is 9.79. The van der Waals surface area contributed by atoms with E-state index in [1.165, 1.54) is 0 Å². The maximum absolute atomic E-state index is 11.9. The number of amides is 1. The molecule has 0 aliphatic carbocycles. The second kappa shape index (κ2) is 9.76. The number of carbonyl (C=O) groups is 1. The first-order chi connectivity index (χ1) is 13.2. The third kappa shape index (κ3) is 7.02. The van der Waals surface area contributed by atoms with E-state index in [2.05, 4.69) is 32.3 Å². The summed E-state index contributed by atoms with van der Waals surface area (Å²) in [5.74, 6) is 0.375. The molecule has 1 amide bonds. The Labute approximate surface area is 177 Å². The Bertz CT molecular complexity index is 860. The predicted molar refractivity (Wildman–Crippen MR) is 110 cm³/mol. The van der Waals surface area contributed by atoms with Crippen LogP contribution in [0.2, 0.25) is 5.02 Å². The summed E-state index contributed by atoms with van der Waals surface area (Å²) >= 11 is 9.36. The molecule has 0 saturated carbocycles. The van der Waals surface area contributed by atoms with Crippen LogP contribution < -0.4 is 10.1 Å². The minimum atomic E-state index is -0.571. The quantitative estimate of drug-likeness (QED) is 0.576. The van der Waals surface area contributed by atoms with Gasteiger partial charge >= 0.3 is 6.09 Å². The molecule has 1 atom stereocenters. The number of alkyl carbamates (subject to hydrolysis) is 1. The number of ether oxygens (including phenoxy) is 2. The third-order valence-corrected chi connectivity index (χ3v) is 4.23. The highest BCUT2D eigenvalue weighted by molar-refractivity contribution is 9.10. The maximum Gasteiger partial charge on any atom is 0.407 e. The van der Waals surface area contributed by atoms with Crippen molar-refractivity contribution in [3.05, 3.63) is 57.3 Å². The number of nitrogens with one attached hydrogen (secondary N) is 1. The van der Waals surface area contributed by atoms with Crippen LogP contribution in [0, 0.1) is 11.3 Å². The molecule has 1 aromatic carbocycles. The summed E-state index contributed by atoms with van der Waals surface area (Å²) in [4.78, 5) is 16.1. The Hall–Kier alpha value is -2.30. The molecule has 6 nitrogen and oxygen atoms in total. The molecule has 2 aromatic rings. The summed E-state index contributed by atoms with van der Waals surface area (Å²) in [6, 6.07) is 10.6. The summed E-state index contributed by atoms with van der Waals surface area (Å²) in [5.41, 5.74) is 0.607. The molecule has 2 rings (SSSR count). The highest BCUT2D eigenvalue weighted by Crippen LogP contribution is 2.29. The van der Waals surface area contributed by atoms with E-state index in [4.69, 9.17) is 21.1 Å². The van der Waals surface area contributed by atoms with Gasteiger partial charge in [-0.25, -0.2) is 9.78 Å². The van der Waals surface area contributed by atoms with Crippen molar-refractivity contribution >= 4 is 33.6 Å². The molecule has 1 N–H and O–H groups in total. The van der Waals surface area contributed by atoms with Crippen molar-refractivity contribution < 1.29 is 14.3 Å². The number of rotatable bonds is 6. The normalized spacial score (nSPS) is 12.0. The average molecular weight is 467 g/mol. The SMILES string of the molecule is CC(C)(C)OC(=O)NCCC(Oc1cc(Cl)ccc1C#N)c1ccc(Br)nc1. The summed E-state index contributed by atoms with van der Waals surface area (Å²) in [6.45, 7) is 5.72. The number of nitrogens with zero attached hydrogens (tertiary/aromatic N) is 2. The minimum absolute atomic E-state index is 0.318. The van der Waals surface area contributed by atoms with Crippen LogP contribution in [0.25, 0.3) is 0 Å². The van der Waals surface area contributed by atoms with Crippen molar-refractivity contribution in [1.29, 1.82) is 5.26 Å². The van der Waals surface area contributed by atoms with Crippen molar-refractivity contribution in [2.75, 3.05) is 6.54 Å². The van der Waals surface area contributed by atoms with Crippen LogP contribution in [-0.4, -0.2) is 23.2 Å². The molecule has 1 heterocycles. The molecule has 0 aliphatic heterocycles. The van der Waals surface area contributed by atoms with Crippen molar-refractivity contribution in [1.82, 2.24) is 10.3 Å². The summed E-state index contributed by atoms with van der Waals surface area (Å²) in [7, 11) is 0. The van der Waals surface area contributed by atoms with Gasteiger partial charge in [0.05, 0.1) is 5.56 Å². The zero-order valence-corrected chi connectivity index (χ0v) is 18.2. The molecule has 0 bridgehead atoms. The lowest BCUT2D eigenvalue weighted by molar-refractivity contribution is 0.0520. The van der Waals surface area contributed by atoms with Crippen LogP contribution >= 0.6 is 27.5 Å². The number of hydrogen-bond acceptors (Lipinski definition) is 5. The molecule has 8 heteroatoms. The van der Waals surface area contributed by atoms with Gasteiger partial charge in [-0.1, -0.05) is 17.7 Å². The first-order valence-electron chi connectivity index (χ1n) is 8.62. The van der Waals surface area contributed by atoms with Gasteiger partial charge in [-0.05, 0) is 54.9 Å². The van der Waals surface area contributed by atoms with Gasteiger partial charge < -0.3 is 14.8 Å². The number of benzene rings is 1. The van der Waals surface area contributed by atoms with Crippen LogP contribution in [-0.2, 0) is 4.74 Å². The van der Waals surface area contributed by atoms with E-state index in [9.17, 15) is 10.1 Å².